The zero-order valence-electron chi connectivity index (χ0n) is 29.6. The number of allylic oxidation sites excluding steroid dienone is 2. The first kappa shape index (κ1) is 36.9. The number of nitriles is 1. The molecule has 3 aromatic rings. The van der Waals surface area contributed by atoms with E-state index < -0.39 is 5.91 Å². The number of aliphatic hydroxyl groups excluding tert-OH is 1. The van der Waals surface area contributed by atoms with Gasteiger partial charge in [-0.3, -0.25) is 4.79 Å². The molecule has 1 N–H and O–H groups in total. The van der Waals surface area contributed by atoms with E-state index in [4.69, 9.17) is 15.0 Å². The van der Waals surface area contributed by atoms with E-state index in [9.17, 15) is 15.2 Å². The SMILES string of the molecule is CCCCC(CC)CN(CC(CC)CCCC)c1nc(-c2ccccc2)c(/N=C2/C(C)=C(C#N)C(=O)n3nc(N(CC)CCO)nc32)s1. The first-order chi connectivity index (χ1) is 23.3. The summed E-state index contributed by atoms with van der Waals surface area (Å²) in [5.74, 6) is 1.20. The van der Waals surface area contributed by atoms with Crippen molar-refractivity contribution in [3.05, 3.63) is 47.3 Å². The molecular formula is C37H52N8O2S. The molecule has 10 nitrogen and oxygen atoms in total. The second-order valence-corrected chi connectivity index (χ2v) is 13.5. The molecule has 11 heteroatoms. The average Bonchev–Trinajstić information content (AvgIpc) is 3.74. The number of carbonyl (C=O) groups is 1. The van der Waals surface area contributed by atoms with E-state index in [1.807, 2.05) is 37.3 Å². The molecule has 2 atom stereocenters. The molecule has 0 aliphatic carbocycles. The Balaban J connectivity index is 1.89. The number of unbranched alkanes of at least 4 members (excludes halogenated alkanes) is 2. The molecule has 258 valence electrons. The lowest BCUT2D eigenvalue weighted by atomic mass is 9.96. The van der Waals surface area contributed by atoms with Crippen molar-refractivity contribution < 1.29 is 9.90 Å². The van der Waals surface area contributed by atoms with Crippen LogP contribution in [0.3, 0.4) is 0 Å². The predicted octanol–water partition coefficient (Wildman–Crippen LogP) is 8.07. The Labute approximate surface area is 290 Å². The molecule has 0 radical (unpaired) electrons. The Morgan fingerprint density at radius 2 is 1.62 bits per heavy atom. The number of thiazole rings is 1. The van der Waals surface area contributed by atoms with Gasteiger partial charge in [0.25, 0.3) is 5.91 Å². The summed E-state index contributed by atoms with van der Waals surface area (Å²) in [6.45, 7) is 15.4. The highest BCUT2D eigenvalue weighted by atomic mass is 32.1. The number of hydrogen-bond donors (Lipinski definition) is 1. The maximum absolute atomic E-state index is 13.4. The summed E-state index contributed by atoms with van der Waals surface area (Å²) in [6, 6.07) is 12.2. The first-order valence-corrected chi connectivity index (χ1v) is 18.5. The van der Waals surface area contributed by atoms with E-state index in [0.717, 1.165) is 42.3 Å². The minimum Gasteiger partial charge on any atom is -0.395 e. The van der Waals surface area contributed by atoms with Crippen molar-refractivity contribution in [2.75, 3.05) is 42.6 Å². The standard InChI is InChI=1S/C37H52N8O2S/c1-7-12-17-27(9-3)24-44(25-28(10-4)18-13-8-2)37-40-32(29-19-15-14-16-20-29)34(48-37)39-31-26(6)30(23-38)35(47)45-33(31)41-36(42-45)43(11-5)21-22-46/h14-16,19-20,27-28,46H,7-13,17-18,21-22,24-25H2,1-6H3/b39-31-. The zero-order chi connectivity index (χ0) is 34.6. The molecule has 0 fully saturated rings. The van der Waals surface area contributed by atoms with Crippen molar-refractivity contribution >= 4 is 39.0 Å². The Morgan fingerprint density at radius 3 is 2.17 bits per heavy atom. The molecule has 0 bridgehead atoms. The van der Waals surface area contributed by atoms with E-state index in [1.54, 1.807) is 23.2 Å². The first-order valence-electron chi connectivity index (χ1n) is 17.7. The fourth-order valence-electron chi connectivity index (χ4n) is 6.15. The third-order valence-corrected chi connectivity index (χ3v) is 10.3. The normalized spacial score (nSPS) is 15.0. The van der Waals surface area contributed by atoms with Gasteiger partial charge in [0.2, 0.25) is 5.95 Å². The van der Waals surface area contributed by atoms with Gasteiger partial charge in [0, 0.05) is 37.3 Å². The third-order valence-electron chi connectivity index (χ3n) is 9.26. The summed E-state index contributed by atoms with van der Waals surface area (Å²) in [5, 5.41) is 25.8. The molecule has 0 amide bonds. The Bertz CT molecular complexity index is 1580. The number of aliphatic imine (C=N–C) groups is 1. The second kappa shape index (κ2) is 18.0. The summed E-state index contributed by atoms with van der Waals surface area (Å²) in [7, 11) is 0. The number of aromatic nitrogens is 4. The molecule has 0 spiro atoms. The molecule has 1 aliphatic rings. The van der Waals surface area contributed by atoms with Crippen molar-refractivity contribution in [1.29, 1.82) is 5.26 Å². The molecule has 0 saturated heterocycles. The fourth-order valence-corrected chi connectivity index (χ4v) is 7.14. The Morgan fingerprint density at radius 1 is 0.979 bits per heavy atom. The van der Waals surface area contributed by atoms with Gasteiger partial charge in [-0.1, -0.05) is 108 Å². The number of nitrogens with zero attached hydrogens (tertiary/aromatic N) is 8. The minimum absolute atomic E-state index is 0.0149. The van der Waals surface area contributed by atoms with Gasteiger partial charge in [-0.15, -0.1) is 5.10 Å². The van der Waals surface area contributed by atoms with Crippen LogP contribution in [-0.4, -0.2) is 69.3 Å². The van der Waals surface area contributed by atoms with Gasteiger partial charge in [0.1, 0.15) is 28.0 Å². The molecule has 4 rings (SSSR count). The van der Waals surface area contributed by atoms with E-state index in [-0.39, 0.29) is 18.0 Å². The van der Waals surface area contributed by atoms with Crippen LogP contribution in [-0.2, 0) is 0 Å². The van der Waals surface area contributed by atoms with Crippen LogP contribution in [0.2, 0.25) is 0 Å². The number of carbonyl (C=O) groups excluding carboxylic acids is 1. The molecule has 1 aromatic carbocycles. The van der Waals surface area contributed by atoms with Gasteiger partial charge in [-0.2, -0.15) is 14.9 Å². The van der Waals surface area contributed by atoms with Gasteiger partial charge in [-0.25, -0.2) is 9.98 Å². The van der Waals surface area contributed by atoms with Crippen molar-refractivity contribution in [3.63, 3.8) is 0 Å². The molecule has 0 saturated carbocycles. The van der Waals surface area contributed by atoms with Gasteiger partial charge in [0.15, 0.2) is 11.0 Å². The van der Waals surface area contributed by atoms with E-state index in [1.165, 1.54) is 43.2 Å². The highest BCUT2D eigenvalue weighted by molar-refractivity contribution is 7.19. The predicted molar refractivity (Wildman–Crippen MR) is 197 cm³/mol. The van der Waals surface area contributed by atoms with Crippen LogP contribution < -0.4 is 9.80 Å². The molecule has 1 aliphatic heterocycles. The fraction of sp³-hybridized carbons (Fsp3) is 0.568. The summed E-state index contributed by atoms with van der Waals surface area (Å²) >= 11 is 1.56. The lowest BCUT2D eigenvalue weighted by molar-refractivity contribution is 0.0942. The number of aliphatic hydroxyl groups is 1. The summed E-state index contributed by atoms with van der Waals surface area (Å²) in [5.41, 5.74) is 2.58. The van der Waals surface area contributed by atoms with Gasteiger partial charge < -0.3 is 14.9 Å². The van der Waals surface area contributed by atoms with E-state index >= 15 is 0 Å². The maximum Gasteiger partial charge on any atom is 0.291 e. The van der Waals surface area contributed by atoms with Crippen LogP contribution in [0.5, 0.6) is 0 Å². The summed E-state index contributed by atoms with van der Waals surface area (Å²) in [6.07, 6.45) is 9.42. The van der Waals surface area contributed by atoms with Crippen LogP contribution in [0.15, 0.2) is 46.5 Å². The van der Waals surface area contributed by atoms with Crippen LogP contribution in [0.4, 0.5) is 16.1 Å². The number of fused-ring (bicyclic) bond motifs is 1. The van der Waals surface area contributed by atoms with Gasteiger partial charge in [0.05, 0.1) is 6.61 Å². The molecule has 2 aromatic heterocycles. The topological polar surface area (TPSA) is 124 Å². The second-order valence-electron chi connectivity index (χ2n) is 12.6. The van der Waals surface area contributed by atoms with Crippen molar-refractivity contribution in [2.45, 2.75) is 92.9 Å². The maximum atomic E-state index is 13.4. The molecule has 3 heterocycles. The van der Waals surface area contributed by atoms with Crippen LogP contribution in [0.1, 0.15) is 104 Å². The highest BCUT2D eigenvalue weighted by Gasteiger charge is 2.34. The lowest BCUT2D eigenvalue weighted by Crippen LogP contribution is -2.34. The van der Waals surface area contributed by atoms with Crippen LogP contribution in [0.25, 0.3) is 11.3 Å². The molecule has 2 unspecified atom stereocenters. The van der Waals surface area contributed by atoms with E-state index in [2.05, 4.69) is 43.8 Å². The van der Waals surface area contributed by atoms with Crippen molar-refractivity contribution in [2.24, 2.45) is 16.8 Å². The number of anilines is 2. The highest BCUT2D eigenvalue weighted by Crippen LogP contribution is 2.42. The largest absolute Gasteiger partial charge is 0.395 e. The Hall–Kier alpha value is -3.88. The monoisotopic (exact) mass is 672 g/mol. The number of hydrogen-bond acceptors (Lipinski definition) is 10. The third kappa shape index (κ3) is 8.58. The van der Waals surface area contributed by atoms with Gasteiger partial charge in [-0.05, 0) is 38.5 Å². The summed E-state index contributed by atoms with van der Waals surface area (Å²) < 4.78 is 1.18. The van der Waals surface area contributed by atoms with E-state index in [0.29, 0.717) is 47.2 Å². The average molecular weight is 673 g/mol. The number of likely N-dealkylation sites (N-methyl/N-ethyl adjacent to an activating group) is 1. The quantitative estimate of drug-likeness (QED) is 0.136. The van der Waals surface area contributed by atoms with Crippen LogP contribution >= 0.6 is 11.3 Å². The van der Waals surface area contributed by atoms with Gasteiger partial charge >= 0.3 is 0 Å². The minimum atomic E-state index is -0.530. The van der Waals surface area contributed by atoms with Crippen LogP contribution in [0, 0.1) is 23.2 Å². The smallest absolute Gasteiger partial charge is 0.291 e. The lowest BCUT2D eigenvalue weighted by Gasteiger charge is -2.30. The molecule has 48 heavy (non-hydrogen) atoms. The van der Waals surface area contributed by atoms with Crippen molar-refractivity contribution in [3.8, 4) is 17.3 Å². The Kier molecular flexibility index (Phi) is 13.9. The molecular weight excluding hydrogens is 621 g/mol. The number of benzene rings is 1. The summed E-state index contributed by atoms with van der Waals surface area (Å²) in [4.78, 5) is 32.9. The number of rotatable bonds is 19. The van der Waals surface area contributed by atoms with Crippen molar-refractivity contribution in [1.82, 2.24) is 19.7 Å². The zero-order valence-corrected chi connectivity index (χ0v) is 30.4.